The Labute approximate surface area is 376 Å². The highest BCUT2D eigenvalue weighted by atomic mass is 33.1. The fourth-order valence-electron chi connectivity index (χ4n) is 9.60. The van der Waals surface area contributed by atoms with Crippen LogP contribution in [0.5, 0.6) is 0 Å². The van der Waals surface area contributed by atoms with Gasteiger partial charge in [-0.3, -0.25) is 9.59 Å². The van der Waals surface area contributed by atoms with Gasteiger partial charge in [0.05, 0.1) is 0 Å². The molecule has 0 radical (unpaired) electrons. The molecule has 0 aromatic heterocycles. The van der Waals surface area contributed by atoms with Crippen LogP contribution in [0.2, 0.25) is 0 Å². The Bertz CT molecular complexity index is 2460. The minimum absolute atomic E-state index is 0.128. The molecule has 62 heavy (non-hydrogen) atoms. The number of rotatable bonds is 27. The predicted molar refractivity (Wildman–Crippen MR) is 275 cm³/mol. The van der Waals surface area contributed by atoms with Crippen molar-refractivity contribution in [3.63, 3.8) is 0 Å². The van der Waals surface area contributed by atoms with E-state index in [9.17, 15) is 9.59 Å². The molecule has 0 saturated heterocycles. The van der Waals surface area contributed by atoms with E-state index in [-0.39, 0.29) is 11.8 Å². The van der Waals surface area contributed by atoms with Gasteiger partial charge in [-0.15, -0.1) is 0 Å². The summed E-state index contributed by atoms with van der Waals surface area (Å²) < 4.78 is 0. The number of unbranched alkanes of at least 4 members (excludes halogenated alkanes) is 16. The highest BCUT2D eigenvalue weighted by Crippen LogP contribution is 2.39. The lowest BCUT2D eigenvalue weighted by Gasteiger charge is -2.14. The van der Waals surface area contributed by atoms with Gasteiger partial charge in [0, 0.05) is 46.5 Å². The van der Waals surface area contributed by atoms with Gasteiger partial charge in [-0.2, -0.15) is 0 Å². The van der Waals surface area contributed by atoms with Crippen LogP contribution in [0.25, 0.3) is 64.6 Å². The number of nitrogens with one attached hydrogen (secondary N) is 2. The zero-order chi connectivity index (χ0) is 42.4. The van der Waals surface area contributed by atoms with Crippen molar-refractivity contribution < 1.29 is 9.59 Å². The molecule has 0 unspecified atom stereocenters. The van der Waals surface area contributed by atoms with E-state index in [1.54, 1.807) is 0 Å². The van der Waals surface area contributed by atoms with Crippen LogP contribution in [-0.2, 0) is 9.59 Å². The summed E-state index contributed by atoms with van der Waals surface area (Å²) in [5.74, 6) is 2.82. The maximum absolute atomic E-state index is 12.9. The molecule has 0 aliphatic carbocycles. The first kappa shape index (κ1) is 44.1. The third kappa shape index (κ3) is 11.3. The molecule has 8 aromatic rings. The molecule has 0 saturated carbocycles. The summed E-state index contributed by atoms with van der Waals surface area (Å²) in [6.07, 6.45) is 23.8. The van der Waals surface area contributed by atoms with Crippen LogP contribution in [0.3, 0.4) is 0 Å². The maximum Gasteiger partial charge on any atom is 0.224 e. The van der Waals surface area contributed by atoms with Crippen molar-refractivity contribution in [1.82, 2.24) is 0 Å². The first-order valence-electron chi connectivity index (χ1n) is 23.8. The van der Waals surface area contributed by atoms with Crippen LogP contribution in [-0.4, -0.2) is 23.3 Å². The maximum atomic E-state index is 12.9. The van der Waals surface area contributed by atoms with Gasteiger partial charge in [0.15, 0.2) is 0 Å². The minimum Gasteiger partial charge on any atom is -0.326 e. The standard InChI is InChI=1S/C56H64N2O2S2/c59-51(57-49-37-33-45-29-27-41-21-19-23-43-31-35-47(49)55(45)53(41)43)25-15-11-7-3-1-5-9-13-17-39-61-62-40-18-14-10-6-2-4-8-12-16-26-52(60)58-50-38-34-46-30-28-42-22-20-24-44-32-36-48(50)56(46)54(42)44/h19-24,27-38H,1-18,25-26,39-40H2,(H,57,59)(H,58,60). The fraction of sp³-hybridized carbons (Fsp3) is 0.393. The fourth-order valence-corrected chi connectivity index (χ4v) is 11.9. The van der Waals surface area contributed by atoms with Crippen molar-refractivity contribution >= 4 is 109 Å². The summed E-state index contributed by atoms with van der Waals surface area (Å²) in [6, 6.07) is 38.7. The Morgan fingerprint density at radius 1 is 0.323 bits per heavy atom. The molecule has 322 valence electrons. The molecule has 8 rings (SSSR count). The Morgan fingerprint density at radius 3 is 0.984 bits per heavy atom. The summed E-state index contributed by atoms with van der Waals surface area (Å²) in [5, 5.41) is 21.2. The molecule has 4 nitrogen and oxygen atoms in total. The molecule has 2 amide bonds. The average Bonchev–Trinajstić information content (AvgIpc) is 3.29. The number of carbonyl (C=O) groups excluding carboxylic acids is 2. The topological polar surface area (TPSA) is 58.2 Å². The van der Waals surface area contributed by atoms with E-state index in [0.29, 0.717) is 12.8 Å². The minimum atomic E-state index is 0.128. The van der Waals surface area contributed by atoms with Crippen LogP contribution >= 0.6 is 21.6 Å². The van der Waals surface area contributed by atoms with Gasteiger partial charge in [-0.1, -0.05) is 209 Å². The van der Waals surface area contributed by atoms with Crippen LogP contribution in [0.15, 0.2) is 109 Å². The smallest absolute Gasteiger partial charge is 0.224 e. The summed E-state index contributed by atoms with van der Waals surface area (Å²) in [6.45, 7) is 0. The van der Waals surface area contributed by atoms with Crippen molar-refractivity contribution in [3.8, 4) is 0 Å². The van der Waals surface area contributed by atoms with E-state index in [0.717, 1.165) is 47.8 Å². The van der Waals surface area contributed by atoms with Crippen LogP contribution in [0, 0.1) is 0 Å². The molecule has 0 spiro atoms. The molecular formula is C56H64N2O2S2. The van der Waals surface area contributed by atoms with E-state index in [1.807, 2.05) is 0 Å². The molecule has 0 fully saturated rings. The lowest BCUT2D eigenvalue weighted by Crippen LogP contribution is -2.11. The van der Waals surface area contributed by atoms with Crippen LogP contribution < -0.4 is 10.6 Å². The largest absolute Gasteiger partial charge is 0.326 e. The third-order valence-electron chi connectivity index (χ3n) is 13.0. The zero-order valence-corrected chi connectivity index (χ0v) is 38.2. The van der Waals surface area contributed by atoms with Crippen molar-refractivity contribution in [2.45, 2.75) is 128 Å². The van der Waals surface area contributed by atoms with Gasteiger partial charge in [0.25, 0.3) is 0 Å². The summed E-state index contributed by atoms with van der Waals surface area (Å²) in [7, 11) is 4.15. The normalized spacial score (nSPS) is 11.9. The highest BCUT2D eigenvalue weighted by molar-refractivity contribution is 8.76. The first-order chi connectivity index (χ1) is 30.6. The number of amides is 2. The second-order valence-electron chi connectivity index (χ2n) is 17.5. The lowest BCUT2D eigenvalue weighted by atomic mass is 9.93. The van der Waals surface area contributed by atoms with Crippen molar-refractivity contribution in [2.24, 2.45) is 0 Å². The molecular weight excluding hydrogens is 797 g/mol. The number of hydrogen-bond acceptors (Lipinski definition) is 4. The van der Waals surface area contributed by atoms with Crippen molar-refractivity contribution in [1.29, 1.82) is 0 Å². The first-order valence-corrected chi connectivity index (χ1v) is 26.3. The Balaban J connectivity index is 0.564. The quantitative estimate of drug-likeness (QED) is 0.0307. The summed E-state index contributed by atoms with van der Waals surface area (Å²) in [4.78, 5) is 25.7. The molecule has 0 atom stereocenters. The second-order valence-corrected chi connectivity index (χ2v) is 20.2. The summed E-state index contributed by atoms with van der Waals surface area (Å²) in [5.41, 5.74) is 1.85. The van der Waals surface area contributed by atoms with E-state index in [2.05, 4.69) is 141 Å². The molecule has 0 heterocycles. The molecule has 2 N–H and O–H groups in total. The van der Waals surface area contributed by atoms with Gasteiger partial charge < -0.3 is 10.6 Å². The lowest BCUT2D eigenvalue weighted by molar-refractivity contribution is -0.117. The number of benzene rings is 8. The number of hydrogen-bond donors (Lipinski definition) is 2. The Morgan fingerprint density at radius 2 is 0.613 bits per heavy atom. The SMILES string of the molecule is O=C(CCCCCCCCCCCSSCCCCCCCCCCCC(=O)Nc1ccc2ccc3cccc4ccc1c2c34)Nc1ccc2ccc3cccc4ccc1c2c34. The molecule has 0 bridgehead atoms. The van der Waals surface area contributed by atoms with Gasteiger partial charge in [-0.25, -0.2) is 0 Å². The van der Waals surface area contributed by atoms with E-state index < -0.39 is 0 Å². The van der Waals surface area contributed by atoms with Gasteiger partial charge in [0.2, 0.25) is 11.8 Å². The van der Waals surface area contributed by atoms with Crippen molar-refractivity contribution in [2.75, 3.05) is 22.1 Å². The molecule has 8 aromatic carbocycles. The van der Waals surface area contributed by atoms with E-state index in [1.165, 1.54) is 155 Å². The molecule has 6 heteroatoms. The second kappa shape index (κ2) is 22.7. The van der Waals surface area contributed by atoms with Gasteiger partial charge >= 0.3 is 0 Å². The number of anilines is 2. The van der Waals surface area contributed by atoms with Crippen LogP contribution in [0.1, 0.15) is 128 Å². The highest BCUT2D eigenvalue weighted by Gasteiger charge is 2.14. The molecule has 0 aliphatic heterocycles. The average molecular weight is 861 g/mol. The van der Waals surface area contributed by atoms with Crippen molar-refractivity contribution in [3.05, 3.63) is 109 Å². The Kier molecular flexibility index (Phi) is 16.2. The van der Waals surface area contributed by atoms with Crippen LogP contribution in [0.4, 0.5) is 11.4 Å². The van der Waals surface area contributed by atoms with E-state index in [4.69, 9.17) is 0 Å². The predicted octanol–water partition coefficient (Wildman–Crippen LogP) is 17.2. The monoisotopic (exact) mass is 860 g/mol. The Hall–Kier alpha value is -4.52. The van der Waals surface area contributed by atoms with Gasteiger partial charge in [0.1, 0.15) is 0 Å². The zero-order valence-electron chi connectivity index (χ0n) is 36.6. The number of carbonyl (C=O) groups is 2. The summed E-state index contributed by atoms with van der Waals surface area (Å²) >= 11 is 0. The van der Waals surface area contributed by atoms with E-state index >= 15 is 0 Å². The van der Waals surface area contributed by atoms with Gasteiger partial charge in [-0.05, 0) is 91.7 Å². The third-order valence-corrected chi connectivity index (χ3v) is 15.5. The molecule has 0 aliphatic rings.